The molecule has 0 aliphatic rings. The fraction of sp³-hybridized carbons (Fsp3) is 0.667. The summed E-state index contributed by atoms with van der Waals surface area (Å²) in [7, 11) is 0. The number of aliphatic hydroxyl groups is 2. The lowest BCUT2D eigenvalue weighted by molar-refractivity contribution is -0.139. The van der Waals surface area contributed by atoms with E-state index < -0.39 is 30.4 Å². The Morgan fingerprint density at radius 3 is 2.37 bits per heavy atom. The Morgan fingerprint density at radius 1 is 1.37 bits per heavy atom. The number of carbonyl (C=O) groups is 2. The quantitative estimate of drug-likeness (QED) is 0.492. The Bertz CT molecular complexity index is 345. The van der Waals surface area contributed by atoms with Gasteiger partial charge in [-0.1, -0.05) is 0 Å². The molecule has 110 valence electrons. The first kappa shape index (κ1) is 17.4. The smallest absolute Gasteiger partial charge is 0.412 e. The van der Waals surface area contributed by atoms with E-state index in [2.05, 4.69) is 5.32 Å². The normalized spacial score (nSPS) is 13.7. The lowest BCUT2D eigenvalue weighted by atomic mass is 10.2. The molecule has 19 heavy (non-hydrogen) atoms. The molecule has 0 unspecified atom stereocenters. The van der Waals surface area contributed by atoms with Gasteiger partial charge in [0.2, 0.25) is 0 Å². The zero-order valence-electron chi connectivity index (χ0n) is 11.6. The molecule has 1 amide bonds. The Balaban J connectivity index is 4.82. The highest BCUT2D eigenvalue weighted by molar-refractivity contribution is 5.92. The van der Waals surface area contributed by atoms with Gasteiger partial charge in [0, 0.05) is 0 Å². The van der Waals surface area contributed by atoms with Crippen LogP contribution in [0.5, 0.6) is 0 Å². The van der Waals surface area contributed by atoms with Crippen molar-refractivity contribution in [2.24, 2.45) is 0 Å². The summed E-state index contributed by atoms with van der Waals surface area (Å²) in [5.41, 5.74) is -1.00. The molecule has 7 nitrogen and oxygen atoms in total. The van der Waals surface area contributed by atoms with E-state index in [0.717, 1.165) is 6.08 Å². The van der Waals surface area contributed by atoms with E-state index in [1.807, 2.05) is 0 Å². The molecule has 0 aromatic carbocycles. The summed E-state index contributed by atoms with van der Waals surface area (Å²) in [5, 5.41) is 20.2. The van der Waals surface area contributed by atoms with Gasteiger partial charge in [0.15, 0.2) is 0 Å². The van der Waals surface area contributed by atoms with Gasteiger partial charge in [0.1, 0.15) is 11.3 Å². The zero-order valence-corrected chi connectivity index (χ0v) is 11.6. The molecule has 0 aliphatic heterocycles. The van der Waals surface area contributed by atoms with E-state index in [9.17, 15) is 14.7 Å². The van der Waals surface area contributed by atoms with Crippen molar-refractivity contribution in [1.82, 2.24) is 5.32 Å². The summed E-state index contributed by atoms with van der Waals surface area (Å²) in [6.45, 7) is 6.14. The minimum absolute atomic E-state index is 0.112. The number of rotatable bonds is 5. The molecule has 0 spiro atoms. The van der Waals surface area contributed by atoms with Crippen LogP contribution in [0.2, 0.25) is 0 Å². The standard InChI is InChI=1S/C12H21NO6/c1-5-18-10(16)9(6-8(15)7-14)13-11(17)19-12(2,3)4/h6,8,14-15H,5,7H2,1-4H3,(H,13,17)/b9-6-/t8-/m0/s1. The number of hydrogen-bond acceptors (Lipinski definition) is 6. The zero-order chi connectivity index (χ0) is 15.1. The monoisotopic (exact) mass is 275 g/mol. The third-order valence-electron chi connectivity index (χ3n) is 1.68. The van der Waals surface area contributed by atoms with Crippen molar-refractivity contribution in [3.63, 3.8) is 0 Å². The second kappa shape index (κ2) is 7.75. The molecule has 0 aromatic heterocycles. The van der Waals surface area contributed by atoms with Crippen molar-refractivity contribution in [1.29, 1.82) is 0 Å². The molecule has 0 rings (SSSR count). The SMILES string of the molecule is CCOC(=O)/C(=C/[C@H](O)CO)NC(=O)OC(C)(C)C. The fourth-order valence-electron chi connectivity index (χ4n) is 1.03. The maximum Gasteiger partial charge on any atom is 0.412 e. The third kappa shape index (κ3) is 8.17. The van der Waals surface area contributed by atoms with E-state index in [0.29, 0.717) is 0 Å². The van der Waals surface area contributed by atoms with Crippen LogP contribution in [0.3, 0.4) is 0 Å². The highest BCUT2D eigenvalue weighted by Gasteiger charge is 2.21. The summed E-state index contributed by atoms with van der Waals surface area (Å²) in [6, 6.07) is 0. The van der Waals surface area contributed by atoms with E-state index in [-0.39, 0.29) is 12.3 Å². The molecular formula is C12H21NO6. The number of carbonyl (C=O) groups excluding carboxylic acids is 2. The van der Waals surface area contributed by atoms with Crippen LogP contribution in [-0.4, -0.2) is 47.2 Å². The van der Waals surface area contributed by atoms with Crippen molar-refractivity contribution in [2.45, 2.75) is 39.4 Å². The maximum atomic E-state index is 11.5. The number of aliphatic hydroxyl groups excluding tert-OH is 2. The molecule has 0 fully saturated rings. The number of amides is 1. The van der Waals surface area contributed by atoms with Crippen LogP contribution in [0.4, 0.5) is 4.79 Å². The van der Waals surface area contributed by atoms with E-state index in [1.165, 1.54) is 0 Å². The Hall–Kier alpha value is -1.60. The predicted octanol–water partition coefficient (Wildman–Crippen LogP) is 0.311. The number of esters is 1. The summed E-state index contributed by atoms with van der Waals surface area (Å²) in [4.78, 5) is 23.1. The van der Waals surface area contributed by atoms with Crippen LogP contribution in [-0.2, 0) is 14.3 Å². The summed E-state index contributed by atoms with van der Waals surface area (Å²) < 4.78 is 9.68. The molecule has 0 radical (unpaired) electrons. The van der Waals surface area contributed by atoms with Crippen LogP contribution >= 0.6 is 0 Å². The van der Waals surface area contributed by atoms with E-state index in [1.54, 1.807) is 27.7 Å². The molecular weight excluding hydrogens is 254 g/mol. The lowest BCUT2D eigenvalue weighted by Crippen LogP contribution is -2.35. The molecule has 0 saturated heterocycles. The van der Waals surface area contributed by atoms with Crippen LogP contribution in [0, 0.1) is 0 Å². The van der Waals surface area contributed by atoms with Gasteiger partial charge in [-0.25, -0.2) is 9.59 Å². The van der Waals surface area contributed by atoms with Gasteiger partial charge >= 0.3 is 12.1 Å². The number of hydrogen-bond donors (Lipinski definition) is 3. The Morgan fingerprint density at radius 2 is 1.95 bits per heavy atom. The fourth-order valence-corrected chi connectivity index (χ4v) is 1.03. The minimum atomic E-state index is -1.28. The summed E-state index contributed by atoms with van der Waals surface area (Å²) >= 11 is 0. The van der Waals surface area contributed by atoms with Gasteiger partial charge in [0.25, 0.3) is 0 Å². The first-order chi connectivity index (χ1) is 8.69. The Labute approximate surface area is 112 Å². The molecule has 0 aliphatic carbocycles. The highest BCUT2D eigenvalue weighted by Crippen LogP contribution is 2.08. The average Bonchev–Trinajstić information content (AvgIpc) is 2.25. The lowest BCUT2D eigenvalue weighted by Gasteiger charge is -2.20. The van der Waals surface area contributed by atoms with Crippen molar-refractivity contribution < 1.29 is 29.3 Å². The predicted molar refractivity (Wildman–Crippen MR) is 67.2 cm³/mol. The highest BCUT2D eigenvalue weighted by atomic mass is 16.6. The Kier molecular flexibility index (Phi) is 7.10. The molecule has 7 heteroatoms. The van der Waals surface area contributed by atoms with Crippen LogP contribution in [0.15, 0.2) is 11.8 Å². The van der Waals surface area contributed by atoms with Crippen LogP contribution < -0.4 is 5.32 Å². The molecule has 0 saturated carbocycles. The molecule has 0 bridgehead atoms. The largest absolute Gasteiger partial charge is 0.461 e. The van der Waals surface area contributed by atoms with Crippen molar-refractivity contribution in [3.05, 3.63) is 11.8 Å². The molecule has 0 heterocycles. The maximum absolute atomic E-state index is 11.5. The summed E-state index contributed by atoms with van der Waals surface area (Å²) in [5.74, 6) is -0.819. The first-order valence-electron chi connectivity index (χ1n) is 5.87. The van der Waals surface area contributed by atoms with Crippen molar-refractivity contribution in [2.75, 3.05) is 13.2 Å². The topological polar surface area (TPSA) is 105 Å². The first-order valence-corrected chi connectivity index (χ1v) is 5.87. The van der Waals surface area contributed by atoms with Crippen molar-refractivity contribution >= 4 is 12.1 Å². The molecule has 1 atom stereocenters. The van der Waals surface area contributed by atoms with Gasteiger partial charge in [0.05, 0.1) is 19.3 Å². The summed E-state index contributed by atoms with van der Waals surface area (Å²) in [6.07, 6.45) is -1.15. The second-order valence-corrected chi connectivity index (χ2v) is 4.68. The van der Waals surface area contributed by atoms with Crippen LogP contribution in [0.1, 0.15) is 27.7 Å². The average molecular weight is 275 g/mol. The molecule has 0 aromatic rings. The molecule has 3 N–H and O–H groups in total. The number of alkyl carbamates (subject to hydrolysis) is 1. The van der Waals surface area contributed by atoms with Gasteiger partial charge < -0.3 is 19.7 Å². The van der Waals surface area contributed by atoms with Gasteiger partial charge in [-0.15, -0.1) is 0 Å². The van der Waals surface area contributed by atoms with E-state index >= 15 is 0 Å². The van der Waals surface area contributed by atoms with Gasteiger partial charge in [-0.05, 0) is 33.8 Å². The van der Waals surface area contributed by atoms with Gasteiger partial charge in [-0.2, -0.15) is 0 Å². The van der Waals surface area contributed by atoms with Crippen LogP contribution in [0.25, 0.3) is 0 Å². The van der Waals surface area contributed by atoms with E-state index in [4.69, 9.17) is 14.6 Å². The third-order valence-corrected chi connectivity index (χ3v) is 1.68. The number of ether oxygens (including phenoxy) is 2. The van der Waals surface area contributed by atoms with Crippen molar-refractivity contribution in [3.8, 4) is 0 Å². The second-order valence-electron chi connectivity index (χ2n) is 4.68. The van der Waals surface area contributed by atoms with Gasteiger partial charge in [-0.3, -0.25) is 5.32 Å². The minimum Gasteiger partial charge on any atom is -0.461 e. The number of nitrogens with one attached hydrogen (secondary N) is 1.